The van der Waals surface area contributed by atoms with Gasteiger partial charge in [0.2, 0.25) is 10.0 Å². The van der Waals surface area contributed by atoms with Gasteiger partial charge in [0.05, 0.1) is 18.6 Å². The molecule has 8 heteroatoms. The summed E-state index contributed by atoms with van der Waals surface area (Å²) in [4.78, 5) is 12.6. The number of carbonyl (C=O) groups is 1. The first-order valence-corrected chi connectivity index (χ1v) is 9.86. The molecule has 0 aliphatic heterocycles. The Morgan fingerprint density at radius 3 is 2.56 bits per heavy atom. The smallest absolute Gasteiger partial charge is 0.251 e. The van der Waals surface area contributed by atoms with Gasteiger partial charge in [-0.25, -0.2) is 13.1 Å². The molecule has 2 rings (SSSR count). The van der Waals surface area contributed by atoms with Crippen LogP contribution in [0.2, 0.25) is 0 Å². The summed E-state index contributed by atoms with van der Waals surface area (Å²) in [6.45, 7) is 2.44. The van der Waals surface area contributed by atoms with Gasteiger partial charge in [0.15, 0.2) is 0 Å². The number of ether oxygens (including phenoxy) is 2. The summed E-state index contributed by atoms with van der Waals surface area (Å²) in [5.41, 5.74) is 1.82. The number of para-hydroxylation sites is 1. The topological polar surface area (TPSA) is 93.7 Å². The van der Waals surface area contributed by atoms with Crippen LogP contribution < -0.4 is 14.8 Å². The number of nitrogens with one attached hydrogen (secondary N) is 2. The third-order valence-corrected chi connectivity index (χ3v) is 5.45. The molecule has 0 aliphatic carbocycles. The molecule has 0 unspecified atom stereocenters. The molecule has 1 amide bonds. The van der Waals surface area contributed by atoms with E-state index in [2.05, 4.69) is 10.0 Å². The highest BCUT2D eigenvalue weighted by Crippen LogP contribution is 2.18. The van der Waals surface area contributed by atoms with Crippen LogP contribution in [0.15, 0.2) is 47.4 Å². The second-order valence-corrected chi connectivity index (χ2v) is 7.63. The lowest BCUT2D eigenvalue weighted by Gasteiger charge is -2.12. The largest absolute Gasteiger partial charge is 0.496 e. The Bertz CT molecular complexity index is 897. The number of benzene rings is 2. The normalized spacial score (nSPS) is 11.2. The average Bonchev–Trinajstić information content (AvgIpc) is 2.66. The van der Waals surface area contributed by atoms with Crippen molar-refractivity contribution in [3.63, 3.8) is 0 Å². The maximum Gasteiger partial charge on any atom is 0.251 e. The van der Waals surface area contributed by atoms with E-state index in [4.69, 9.17) is 9.47 Å². The van der Waals surface area contributed by atoms with E-state index in [9.17, 15) is 13.2 Å². The molecule has 0 atom stereocenters. The number of aryl methyl sites for hydroxylation is 1. The van der Waals surface area contributed by atoms with Crippen molar-refractivity contribution >= 4 is 15.9 Å². The maximum atomic E-state index is 12.6. The Labute approximate surface area is 159 Å². The van der Waals surface area contributed by atoms with Crippen LogP contribution in [-0.4, -0.2) is 41.7 Å². The molecule has 0 aromatic heterocycles. The van der Waals surface area contributed by atoms with Crippen LogP contribution in [0.5, 0.6) is 5.75 Å². The van der Waals surface area contributed by atoms with E-state index in [1.165, 1.54) is 19.2 Å². The van der Waals surface area contributed by atoms with Gasteiger partial charge in [0.1, 0.15) is 5.75 Å². The van der Waals surface area contributed by atoms with Crippen LogP contribution in [0.25, 0.3) is 0 Å². The monoisotopic (exact) mass is 392 g/mol. The zero-order chi connectivity index (χ0) is 19.9. The molecule has 0 spiro atoms. The third kappa shape index (κ3) is 5.53. The molecule has 0 saturated heterocycles. The Kier molecular flexibility index (Phi) is 7.35. The van der Waals surface area contributed by atoms with Gasteiger partial charge in [-0.05, 0) is 30.7 Å². The van der Waals surface area contributed by atoms with Crippen LogP contribution in [0, 0.1) is 6.92 Å². The quantitative estimate of drug-likeness (QED) is 0.636. The van der Waals surface area contributed by atoms with Gasteiger partial charge in [-0.2, -0.15) is 0 Å². The van der Waals surface area contributed by atoms with Gasteiger partial charge >= 0.3 is 0 Å². The van der Waals surface area contributed by atoms with Crippen molar-refractivity contribution in [2.75, 3.05) is 27.4 Å². The van der Waals surface area contributed by atoms with Crippen molar-refractivity contribution in [1.29, 1.82) is 0 Å². The number of hydrogen-bond acceptors (Lipinski definition) is 5. The standard InChI is InChI=1S/C19H24N2O5S/c1-14-8-9-16(27(23,24)21-10-11-25-2)12-17(14)19(22)20-13-15-6-4-5-7-18(15)26-3/h4-9,12,21H,10-11,13H2,1-3H3,(H,20,22). The molecular formula is C19H24N2O5S. The molecule has 0 heterocycles. The lowest BCUT2D eigenvalue weighted by atomic mass is 10.1. The highest BCUT2D eigenvalue weighted by atomic mass is 32.2. The molecule has 27 heavy (non-hydrogen) atoms. The van der Waals surface area contributed by atoms with Gasteiger partial charge in [0, 0.05) is 31.3 Å². The van der Waals surface area contributed by atoms with Crippen molar-refractivity contribution < 1.29 is 22.7 Å². The molecular weight excluding hydrogens is 368 g/mol. The van der Waals surface area contributed by atoms with E-state index in [1.54, 1.807) is 20.1 Å². The molecule has 0 fully saturated rings. The predicted molar refractivity (Wildman–Crippen MR) is 102 cm³/mol. The number of methoxy groups -OCH3 is 2. The molecule has 2 aromatic carbocycles. The highest BCUT2D eigenvalue weighted by molar-refractivity contribution is 7.89. The number of rotatable bonds is 9. The van der Waals surface area contributed by atoms with Crippen LogP contribution in [-0.2, 0) is 21.3 Å². The van der Waals surface area contributed by atoms with E-state index in [0.717, 1.165) is 5.56 Å². The minimum atomic E-state index is -3.71. The molecule has 2 aromatic rings. The van der Waals surface area contributed by atoms with Gasteiger partial charge in [-0.1, -0.05) is 24.3 Å². The van der Waals surface area contributed by atoms with Crippen LogP contribution >= 0.6 is 0 Å². The fraction of sp³-hybridized carbons (Fsp3) is 0.316. The lowest BCUT2D eigenvalue weighted by Crippen LogP contribution is -2.28. The first kappa shape index (κ1) is 20.9. The molecule has 0 radical (unpaired) electrons. The van der Waals surface area contributed by atoms with E-state index < -0.39 is 10.0 Å². The zero-order valence-corrected chi connectivity index (χ0v) is 16.4. The van der Waals surface area contributed by atoms with Crippen molar-refractivity contribution in [2.24, 2.45) is 0 Å². The number of carbonyl (C=O) groups excluding carboxylic acids is 1. The summed E-state index contributed by atoms with van der Waals surface area (Å²) < 4.78 is 37.2. The second kappa shape index (κ2) is 9.50. The minimum Gasteiger partial charge on any atom is -0.496 e. The lowest BCUT2D eigenvalue weighted by molar-refractivity contribution is 0.0950. The number of amides is 1. The van der Waals surface area contributed by atoms with Gasteiger partial charge in [-0.3, -0.25) is 4.79 Å². The first-order chi connectivity index (χ1) is 12.9. The van der Waals surface area contributed by atoms with E-state index >= 15 is 0 Å². The summed E-state index contributed by atoms with van der Waals surface area (Å²) in [7, 11) is -0.657. The molecule has 0 aliphatic rings. The molecule has 0 bridgehead atoms. The Morgan fingerprint density at radius 1 is 1.11 bits per heavy atom. The minimum absolute atomic E-state index is 0.0339. The Balaban J connectivity index is 2.16. The van der Waals surface area contributed by atoms with Crippen molar-refractivity contribution in [3.8, 4) is 5.75 Å². The maximum absolute atomic E-state index is 12.6. The predicted octanol–water partition coefficient (Wildman–Crippen LogP) is 1.86. The summed E-state index contributed by atoms with van der Waals surface area (Å²) in [6, 6.07) is 11.8. The average molecular weight is 392 g/mol. The van der Waals surface area contributed by atoms with Crippen molar-refractivity contribution in [3.05, 3.63) is 59.2 Å². The second-order valence-electron chi connectivity index (χ2n) is 5.86. The van der Waals surface area contributed by atoms with Gasteiger partial charge < -0.3 is 14.8 Å². The summed E-state index contributed by atoms with van der Waals surface area (Å²) in [5.74, 6) is 0.320. The van der Waals surface area contributed by atoms with Gasteiger partial charge in [0.25, 0.3) is 5.91 Å². The third-order valence-electron chi connectivity index (χ3n) is 3.99. The molecule has 146 valence electrons. The van der Waals surface area contributed by atoms with Crippen molar-refractivity contribution in [1.82, 2.24) is 10.0 Å². The number of sulfonamides is 1. The molecule has 2 N–H and O–H groups in total. The molecule has 7 nitrogen and oxygen atoms in total. The Morgan fingerprint density at radius 2 is 1.85 bits per heavy atom. The highest BCUT2D eigenvalue weighted by Gasteiger charge is 2.18. The van der Waals surface area contributed by atoms with Crippen LogP contribution in [0.4, 0.5) is 0 Å². The number of hydrogen-bond donors (Lipinski definition) is 2. The van der Waals surface area contributed by atoms with Crippen molar-refractivity contribution in [2.45, 2.75) is 18.4 Å². The summed E-state index contributed by atoms with van der Waals surface area (Å²) in [6.07, 6.45) is 0. The van der Waals surface area contributed by atoms with Gasteiger partial charge in [-0.15, -0.1) is 0 Å². The summed E-state index contributed by atoms with van der Waals surface area (Å²) in [5, 5.41) is 2.81. The SMILES string of the molecule is COCCNS(=O)(=O)c1ccc(C)c(C(=O)NCc2ccccc2OC)c1. The van der Waals surface area contributed by atoms with Crippen LogP contribution in [0.3, 0.4) is 0 Å². The zero-order valence-electron chi connectivity index (χ0n) is 15.6. The van der Waals surface area contributed by atoms with E-state index in [0.29, 0.717) is 16.9 Å². The van der Waals surface area contributed by atoms with E-state index in [1.807, 2.05) is 24.3 Å². The first-order valence-electron chi connectivity index (χ1n) is 8.38. The summed E-state index contributed by atoms with van der Waals surface area (Å²) >= 11 is 0. The Hall–Kier alpha value is -2.42. The van der Waals surface area contributed by atoms with Crippen LogP contribution in [0.1, 0.15) is 21.5 Å². The molecule has 0 saturated carbocycles. The fourth-order valence-electron chi connectivity index (χ4n) is 2.49. The van der Waals surface area contributed by atoms with E-state index in [-0.39, 0.29) is 30.5 Å². The fourth-order valence-corrected chi connectivity index (χ4v) is 3.53.